The summed E-state index contributed by atoms with van der Waals surface area (Å²) in [5, 5.41) is 32.9. The van der Waals surface area contributed by atoms with Crippen molar-refractivity contribution in [1.82, 2.24) is 0 Å². The number of aliphatic hydroxyl groups excluding tert-OH is 2. The molecule has 4 N–H and O–H groups in total. The van der Waals surface area contributed by atoms with Gasteiger partial charge < -0.3 is 25.2 Å². The number of carboxylic acids is 2. The summed E-state index contributed by atoms with van der Waals surface area (Å²) in [6.45, 7) is 4.24. The molecule has 0 radical (unpaired) electrons. The number of ether oxygens (including phenoxy) is 1. The first kappa shape index (κ1) is 19.4. The van der Waals surface area contributed by atoms with E-state index in [9.17, 15) is 14.4 Å². The molecular weight excluding hydrogens is 260 g/mol. The van der Waals surface area contributed by atoms with Gasteiger partial charge in [0.1, 0.15) is 12.7 Å². The Hall–Kier alpha value is -1.93. The van der Waals surface area contributed by atoms with Crippen molar-refractivity contribution in [3.8, 4) is 0 Å². The lowest BCUT2D eigenvalue weighted by molar-refractivity contribution is -0.143. The van der Waals surface area contributed by atoms with E-state index in [1.807, 2.05) is 0 Å². The molecule has 0 spiro atoms. The van der Waals surface area contributed by atoms with E-state index in [0.717, 1.165) is 0 Å². The highest BCUT2D eigenvalue weighted by molar-refractivity contribution is 5.86. The van der Waals surface area contributed by atoms with Crippen molar-refractivity contribution in [3.05, 3.63) is 12.2 Å². The molecule has 1 unspecified atom stereocenters. The molecule has 0 saturated heterocycles. The maximum absolute atomic E-state index is 10.6. The molecule has 19 heavy (non-hydrogen) atoms. The van der Waals surface area contributed by atoms with Crippen molar-refractivity contribution in [2.75, 3.05) is 13.2 Å². The molecule has 0 aromatic carbocycles. The number of hydrogen-bond donors (Lipinski definition) is 4. The average molecular weight is 278 g/mol. The SMILES string of the molecule is C=C(C)C(=O)OCC(O)CO.O=C(O)CCC(=O)O. The molecule has 0 aliphatic rings. The summed E-state index contributed by atoms with van der Waals surface area (Å²) in [5.41, 5.74) is 0.273. The standard InChI is InChI=1S/C7H12O4.C4H6O4/c1-5(2)7(10)11-4-6(9)3-8;5-3(6)1-2-4(7)8/h6,8-9H,1,3-4H2,2H3;1-2H2,(H,5,6)(H,7,8). The second kappa shape index (κ2) is 11.2. The monoisotopic (exact) mass is 278 g/mol. The molecule has 1 atom stereocenters. The predicted octanol–water partition coefficient (Wildman–Crippen LogP) is -0.605. The number of aliphatic hydroxyl groups is 2. The van der Waals surface area contributed by atoms with Gasteiger partial charge in [0.15, 0.2) is 0 Å². The van der Waals surface area contributed by atoms with Crippen molar-refractivity contribution in [1.29, 1.82) is 0 Å². The lowest BCUT2D eigenvalue weighted by atomic mass is 10.3. The van der Waals surface area contributed by atoms with Gasteiger partial charge >= 0.3 is 17.9 Å². The van der Waals surface area contributed by atoms with Crippen LogP contribution in [0.4, 0.5) is 0 Å². The fourth-order valence-electron chi connectivity index (χ4n) is 0.562. The van der Waals surface area contributed by atoms with Crippen molar-refractivity contribution >= 4 is 17.9 Å². The summed E-state index contributed by atoms with van der Waals surface area (Å²) in [6.07, 6.45) is -1.59. The van der Waals surface area contributed by atoms with Crippen LogP contribution in [0.15, 0.2) is 12.2 Å². The van der Waals surface area contributed by atoms with E-state index in [4.69, 9.17) is 20.4 Å². The quantitative estimate of drug-likeness (QED) is 0.357. The Bertz CT molecular complexity index is 309. The van der Waals surface area contributed by atoms with Crippen LogP contribution in [0, 0.1) is 0 Å². The Kier molecular flexibility index (Phi) is 11.4. The van der Waals surface area contributed by atoms with Crippen molar-refractivity contribution in [2.45, 2.75) is 25.9 Å². The lowest BCUT2D eigenvalue weighted by Gasteiger charge is -2.07. The van der Waals surface area contributed by atoms with Crippen LogP contribution in [0.2, 0.25) is 0 Å². The fourth-order valence-corrected chi connectivity index (χ4v) is 0.562. The molecule has 0 fully saturated rings. The van der Waals surface area contributed by atoms with E-state index in [0.29, 0.717) is 0 Å². The van der Waals surface area contributed by atoms with Gasteiger partial charge in [-0.2, -0.15) is 0 Å². The maximum atomic E-state index is 10.6. The summed E-state index contributed by atoms with van der Waals surface area (Å²) < 4.78 is 4.51. The van der Waals surface area contributed by atoms with Gasteiger partial charge in [-0.05, 0) is 6.92 Å². The molecule has 0 bridgehead atoms. The Morgan fingerprint density at radius 1 is 1.16 bits per heavy atom. The highest BCUT2D eigenvalue weighted by atomic mass is 16.5. The van der Waals surface area contributed by atoms with E-state index < -0.39 is 30.6 Å². The number of aliphatic carboxylic acids is 2. The second-order valence-electron chi connectivity index (χ2n) is 3.50. The number of hydrogen-bond acceptors (Lipinski definition) is 6. The van der Waals surface area contributed by atoms with E-state index in [1.54, 1.807) is 0 Å². The topological polar surface area (TPSA) is 141 Å². The third-order valence-corrected chi connectivity index (χ3v) is 1.52. The van der Waals surface area contributed by atoms with Gasteiger partial charge in [0.2, 0.25) is 0 Å². The molecule has 0 rings (SSSR count). The smallest absolute Gasteiger partial charge is 0.333 e. The molecule has 0 aromatic heterocycles. The molecular formula is C11H18O8. The van der Waals surface area contributed by atoms with E-state index >= 15 is 0 Å². The zero-order valence-electron chi connectivity index (χ0n) is 10.5. The van der Waals surface area contributed by atoms with E-state index in [1.165, 1.54) is 6.92 Å². The normalized spacial score (nSPS) is 10.7. The van der Waals surface area contributed by atoms with Crippen molar-refractivity contribution in [3.63, 3.8) is 0 Å². The molecule has 0 amide bonds. The van der Waals surface area contributed by atoms with Crippen LogP contribution in [-0.2, 0) is 19.1 Å². The van der Waals surface area contributed by atoms with Crippen LogP contribution >= 0.6 is 0 Å². The number of carbonyl (C=O) groups excluding carboxylic acids is 1. The third-order valence-electron chi connectivity index (χ3n) is 1.52. The van der Waals surface area contributed by atoms with Crippen LogP contribution in [-0.4, -0.2) is 57.7 Å². The van der Waals surface area contributed by atoms with Gasteiger partial charge in [-0.3, -0.25) is 9.59 Å². The molecule has 0 aliphatic carbocycles. The minimum Gasteiger partial charge on any atom is -0.481 e. The number of carbonyl (C=O) groups is 3. The molecule has 110 valence electrons. The largest absolute Gasteiger partial charge is 0.481 e. The first-order valence-corrected chi connectivity index (χ1v) is 5.25. The zero-order valence-corrected chi connectivity index (χ0v) is 10.5. The summed E-state index contributed by atoms with van der Waals surface area (Å²) in [5.74, 6) is -2.71. The Balaban J connectivity index is 0. The molecule has 0 saturated carbocycles. The second-order valence-corrected chi connectivity index (χ2v) is 3.50. The van der Waals surface area contributed by atoms with Crippen LogP contribution in [0.1, 0.15) is 19.8 Å². The van der Waals surface area contributed by atoms with Gasteiger partial charge in [0, 0.05) is 5.57 Å². The van der Waals surface area contributed by atoms with Gasteiger partial charge in [-0.25, -0.2) is 4.79 Å². The van der Waals surface area contributed by atoms with Crippen molar-refractivity contribution in [2.24, 2.45) is 0 Å². The molecule has 8 heteroatoms. The molecule has 0 aliphatic heterocycles. The first-order valence-electron chi connectivity index (χ1n) is 5.25. The van der Waals surface area contributed by atoms with E-state index in [2.05, 4.69) is 11.3 Å². The minimum atomic E-state index is -1.08. The Morgan fingerprint density at radius 3 is 1.84 bits per heavy atom. The van der Waals surface area contributed by atoms with Gasteiger partial charge in [0.25, 0.3) is 0 Å². The molecule has 0 aromatic rings. The van der Waals surface area contributed by atoms with Crippen LogP contribution in [0.3, 0.4) is 0 Å². The summed E-state index contributed by atoms with van der Waals surface area (Å²) in [4.78, 5) is 29.9. The first-order chi connectivity index (χ1) is 8.70. The number of carboxylic acid groups (broad SMARTS) is 2. The van der Waals surface area contributed by atoms with E-state index in [-0.39, 0.29) is 25.0 Å². The van der Waals surface area contributed by atoms with Crippen LogP contribution in [0.25, 0.3) is 0 Å². The third kappa shape index (κ3) is 16.1. The Morgan fingerprint density at radius 2 is 1.58 bits per heavy atom. The van der Waals surface area contributed by atoms with Gasteiger partial charge in [-0.1, -0.05) is 6.58 Å². The van der Waals surface area contributed by atoms with Gasteiger partial charge in [-0.15, -0.1) is 0 Å². The highest BCUT2D eigenvalue weighted by Crippen LogP contribution is 1.93. The predicted molar refractivity (Wildman–Crippen MR) is 63.4 cm³/mol. The maximum Gasteiger partial charge on any atom is 0.333 e. The summed E-state index contributed by atoms with van der Waals surface area (Å²) >= 11 is 0. The zero-order chi connectivity index (χ0) is 15.4. The average Bonchev–Trinajstić information content (AvgIpc) is 2.33. The summed E-state index contributed by atoms with van der Waals surface area (Å²) in [6, 6.07) is 0. The minimum absolute atomic E-state index is 0.192. The fraction of sp³-hybridized carbons (Fsp3) is 0.545. The van der Waals surface area contributed by atoms with Crippen molar-refractivity contribution < 1.29 is 39.5 Å². The van der Waals surface area contributed by atoms with Gasteiger partial charge in [0.05, 0.1) is 19.4 Å². The molecule has 8 nitrogen and oxygen atoms in total. The highest BCUT2D eigenvalue weighted by Gasteiger charge is 2.07. The molecule has 0 heterocycles. The summed E-state index contributed by atoms with van der Waals surface area (Å²) in [7, 11) is 0. The van der Waals surface area contributed by atoms with Crippen LogP contribution in [0.5, 0.6) is 0 Å². The lowest BCUT2D eigenvalue weighted by Crippen LogP contribution is -2.22. The Labute approximate surface area is 109 Å². The number of esters is 1. The van der Waals surface area contributed by atoms with Crippen LogP contribution < -0.4 is 0 Å². The number of rotatable bonds is 7.